The minimum absolute atomic E-state index is 0.0340. The lowest BCUT2D eigenvalue weighted by Crippen LogP contribution is -2.31. The summed E-state index contributed by atoms with van der Waals surface area (Å²) in [5.41, 5.74) is 8.26. The molecule has 0 bridgehead atoms. The van der Waals surface area contributed by atoms with Gasteiger partial charge in [0.2, 0.25) is 0 Å². The summed E-state index contributed by atoms with van der Waals surface area (Å²) < 4.78 is 0.823. The van der Waals surface area contributed by atoms with Crippen molar-refractivity contribution in [1.82, 2.24) is 4.90 Å². The van der Waals surface area contributed by atoms with Crippen LogP contribution in [0.25, 0.3) is 0 Å². The summed E-state index contributed by atoms with van der Waals surface area (Å²) in [6.45, 7) is 3.35. The van der Waals surface area contributed by atoms with E-state index in [-0.39, 0.29) is 5.91 Å². The highest BCUT2D eigenvalue weighted by Gasteiger charge is 2.17. The molecule has 0 aliphatic rings. The molecule has 2 rings (SSSR count). The molecule has 0 unspecified atom stereocenters. The first-order valence-corrected chi connectivity index (χ1v) is 7.79. The van der Waals surface area contributed by atoms with E-state index in [1.165, 1.54) is 0 Å². The second-order valence-corrected chi connectivity index (χ2v) is 5.81. The zero-order chi connectivity index (χ0) is 15.2. The second kappa shape index (κ2) is 7.27. The average Bonchev–Trinajstić information content (AvgIpc) is 2.47. The molecule has 0 spiro atoms. The molecule has 0 aliphatic heterocycles. The number of hydrogen-bond acceptors (Lipinski definition) is 2. The minimum atomic E-state index is 0.0340. The maximum Gasteiger partial charge on any atom is 0.255 e. The molecule has 21 heavy (non-hydrogen) atoms. The van der Waals surface area contributed by atoms with E-state index in [0.29, 0.717) is 12.1 Å². The fraction of sp³-hybridized carbons (Fsp3) is 0.235. The number of nitrogens with zero attached hydrogens (tertiary/aromatic N) is 1. The molecule has 0 fully saturated rings. The molecule has 110 valence electrons. The largest absolute Gasteiger partial charge is 0.399 e. The van der Waals surface area contributed by atoms with E-state index in [0.717, 1.165) is 28.7 Å². The first-order chi connectivity index (χ1) is 10.1. The van der Waals surface area contributed by atoms with Gasteiger partial charge in [0.15, 0.2) is 0 Å². The summed E-state index contributed by atoms with van der Waals surface area (Å²) in [4.78, 5) is 14.6. The zero-order valence-corrected chi connectivity index (χ0v) is 13.6. The van der Waals surface area contributed by atoms with Crippen LogP contribution >= 0.6 is 15.9 Å². The molecule has 0 saturated carbocycles. The van der Waals surface area contributed by atoms with Crippen molar-refractivity contribution < 1.29 is 4.79 Å². The number of nitrogen functional groups attached to an aromatic ring is 1. The van der Waals surface area contributed by atoms with Crippen LogP contribution in [0, 0.1) is 0 Å². The average molecular weight is 347 g/mol. The van der Waals surface area contributed by atoms with Gasteiger partial charge in [0.25, 0.3) is 5.91 Å². The lowest BCUT2D eigenvalue weighted by atomic mass is 10.1. The van der Waals surface area contributed by atoms with Gasteiger partial charge in [0.05, 0.1) is 5.56 Å². The number of hydrogen-bond donors (Lipinski definition) is 1. The normalized spacial score (nSPS) is 10.4. The number of carbonyl (C=O) groups is 1. The lowest BCUT2D eigenvalue weighted by molar-refractivity contribution is 0.0742. The van der Waals surface area contributed by atoms with Gasteiger partial charge < -0.3 is 10.6 Å². The Kier molecular flexibility index (Phi) is 5.39. The van der Waals surface area contributed by atoms with Crippen LogP contribution < -0.4 is 5.73 Å². The van der Waals surface area contributed by atoms with Gasteiger partial charge in [0, 0.05) is 23.2 Å². The Morgan fingerprint density at radius 1 is 1.19 bits per heavy atom. The van der Waals surface area contributed by atoms with Crippen molar-refractivity contribution in [3.63, 3.8) is 0 Å². The Bertz CT molecular complexity index is 628. The quantitative estimate of drug-likeness (QED) is 0.829. The van der Waals surface area contributed by atoms with Gasteiger partial charge in [-0.25, -0.2) is 0 Å². The molecule has 0 saturated heterocycles. The van der Waals surface area contributed by atoms with Crippen molar-refractivity contribution in [1.29, 1.82) is 0 Å². The highest BCUT2D eigenvalue weighted by Crippen LogP contribution is 2.19. The van der Waals surface area contributed by atoms with Crippen molar-refractivity contribution in [2.75, 3.05) is 12.3 Å². The first-order valence-electron chi connectivity index (χ1n) is 7.00. The summed E-state index contributed by atoms with van der Waals surface area (Å²) >= 11 is 3.45. The second-order valence-electron chi connectivity index (χ2n) is 4.95. The third-order valence-corrected chi connectivity index (χ3v) is 3.90. The number of anilines is 1. The van der Waals surface area contributed by atoms with Crippen LogP contribution in [0.2, 0.25) is 0 Å². The minimum Gasteiger partial charge on any atom is -0.399 e. The highest BCUT2D eigenvalue weighted by molar-refractivity contribution is 9.10. The van der Waals surface area contributed by atoms with Crippen LogP contribution in [0.5, 0.6) is 0 Å². The molecule has 0 atom stereocenters. The van der Waals surface area contributed by atoms with Crippen molar-refractivity contribution in [2.45, 2.75) is 19.9 Å². The summed E-state index contributed by atoms with van der Waals surface area (Å²) in [5.74, 6) is 0.0340. The van der Waals surface area contributed by atoms with Crippen LogP contribution in [-0.2, 0) is 6.54 Å². The smallest absolute Gasteiger partial charge is 0.255 e. The number of amides is 1. The van der Waals surface area contributed by atoms with Crippen molar-refractivity contribution in [3.05, 3.63) is 64.1 Å². The fourth-order valence-electron chi connectivity index (χ4n) is 2.24. The molecule has 4 heteroatoms. The molecule has 0 radical (unpaired) electrons. The van der Waals surface area contributed by atoms with Crippen LogP contribution in [0.3, 0.4) is 0 Å². The lowest BCUT2D eigenvalue weighted by Gasteiger charge is -2.23. The Hall–Kier alpha value is -1.81. The summed E-state index contributed by atoms with van der Waals surface area (Å²) in [5, 5.41) is 0. The Morgan fingerprint density at radius 3 is 2.62 bits per heavy atom. The third kappa shape index (κ3) is 4.08. The van der Waals surface area contributed by atoms with Crippen LogP contribution in [0.15, 0.2) is 53.0 Å². The van der Waals surface area contributed by atoms with Crippen molar-refractivity contribution >= 4 is 27.5 Å². The van der Waals surface area contributed by atoms with Gasteiger partial charge in [-0.1, -0.05) is 31.2 Å². The van der Waals surface area contributed by atoms with E-state index in [2.05, 4.69) is 22.9 Å². The Morgan fingerprint density at radius 2 is 1.95 bits per heavy atom. The Balaban J connectivity index is 2.22. The third-order valence-electron chi connectivity index (χ3n) is 3.21. The molecule has 1 amide bonds. The van der Waals surface area contributed by atoms with E-state index < -0.39 is 0 Å². The van der Waals surface area contributed by atoms with E-state index in [4.69, 9.17) is 5.73 Å². The molecule has 2 aromatic carbocycles. The number of nitrogens with two attached hydrogens (primary N) is 1. The molecule has 3 nitrogen and oxygen atoms in total. The number of carbonyl (C=O) groups excluding carboxylic acids is 1. The maximum absolute atomic E-state index is 12.7. The van der Waals surface area contributed by atoms with E-state index in [1.807, 2.05) is 53.4 Å². The topological polar surface area (TPSA) is 46.3 Å². The Labute approximate surface area is 133 Å². The number of benzene rings is 2. The summed E-state index contributed by atoms with van der Waals surface area (Å²) in [6.07, 6.45) is 0.915. The van der Waals surface area contributed by atoms with Crippen molar-refractivity contribution in [2.24, 2.45) is 0 Å². The van der Waals surface area contributed by atoms with Gasteiger partial charge in [-0.05, 0) is 52.2 Å². The summed E-state index contributed by atoms with van der Waals surface area (Å²) in [6, 6.07) is 15.2. The van der Waals surface area contributed by atoms with Gasteiger partial charge >= 0.3 is 0 Å². The SMILES string of the molecule is CCCN(Cc1cccc(N)c1)C(=O)c1ccccc1Br. The monoisotopic (exact) mass is 346 g/mol. The molecule has 2 N–H and O–H groups in total. The van der Waals surface area contributed by atoms with Gasteiger partial charge in [-0.3, -0.25) is 4.79 Å². The zero-order valence-electron chi connectivity index (χ0n) is 12.1. The molecule has 0 aliphatic carbocycles. The molecule has 0 heterocycles. The molecule has 0 aromatic heterocycles. The van der Waals surface area contributed by atoms with Gasteiger partial charge in [-0.15, -0.1) is 0 Å². The molecular weight excluding hydrogens is 328 g/mol. The summed E-state index contributed by atoms with van der Waals surface area (Å²) in [7, 11) is 0. The predicted molar refractivity (Wildman–Crippen MR) is 90.0 cm³/mol. The number of rotatable bonds is 5. The van der Waals surface area contributed by atoms with E-state index in [9.17, 15) is 4.79 Å². The maximum atomic E-state index is 12.7. The highest BCUT2D eigenvalue weighted by atomic mass is 79.9. The van der Waals surface area contributed by atoms with E-state index >= 15 is 0 Å². The first kappa shape index (κ1) is 15.6. The standard InChI is InChI=1S/C17H19BrN2O/c1-2-10-20(12-13-6-5-7-14(19)11-13)17(21)15-8-3-4-9-16(15)18/h3-9,11H,2,10,12,19H2,1H3. The van der Waals surface area contributed by atoms with Crippen molar-refractivity contribution in [3.8, 4) is 0 Å². The van der Waals surface area contributed by atoms with E-state index in [1.54, 1.807) is 0 Å². The predicted octanol–water partition coefficient (Wildman–Crippen LogP) is 4.08. The molecule has 2 aromatic rings. The van der Waals surface area contributed by atoms with Crippen LogP contribution in [-0.4, -0.2) is 17.4 Å². The van der Waals surface area contributed by atoms with Gasteiger partial charge in [-0.2, -0.15) is 0 Å². The number of halogens is 1. The van der Waals surface area contributed by atoms with Gasteiger partial charge in [0.1, 0.15) is 0 Å². The molecular formula is C17H19BrN2O. The van der Waals surface area contributed by atoms with Crippen LogP contribution in [0.1, 0.15) is 29.3 Å². The fourth-order valence-corrected chi connectivity index (χ4v) is 2.69. The van der Waals surface area contributed by atoms with Crippen LogP contribution in [0.4, 0.5) is 5.69 Å².